The monoisotopic (exact) mass is 306 g/mol. The minimum Gasteiger partial charge on any atom is -0.495 e. The van der Waals surface area contributed by atoms with Gasteiger partial charge < -0.3 is 19.7 Å². The molecule has 1 atom stereocenters. The smallest absolute Gasteiger partial charge is 0.321 e. The first-order chi connectivity index (χ1) is 10.4. The van der Waals surface area contributed by atoms with Gasteiger partial charge in [0.2, 0.25) is 0 Å². The Morgan fingerprint density at radius 3 is 2.68 bits per heavy atom. The van der Waals surface area contributed by atoms with Crippen molar-refractivity contribution in [1.29, 1.82) is 0 Å². The molecule has 0 spiro atoms. The van der Waals surface area contributed by atoms with Crippen LogP contribution in [0.15, 0.2) is 18.2 Å². The fourth-order valence-corrected chi connectivity index (χ4v) is 3.04. The number of nitrogens with zero attached hydrogens (tertiary/aromatic N) is 1. The molecule has 22 heavy (non-hydrogen) atoms. The molecule has 5 nitrogen and oxygen atoms in total. The Morgan fingerprint density at radius 2 is 2.09 bits per heavy atom. The second-order valence-electron chi connectivity index (χ2n) is 6.56. The molecule has 2 amide bonds. The van der Waals surface area contributed by atoms with Crippen molar-refractivity contribution >= 4 is 11.7 Å². The molecule has 1 aromatic rings. The predicted octanol–water partition coefficient (Wildman–Crippen LogP) is 3.28. The van der Waals surface area contributed by atoms with E-state index in [1.165, 1.54) is 0 Å². The molecule has 122 valence electrons. The third-order valence-electron chi connectivity index (χ3n) is 4.30. The average Bonchev–Trinajstić information content (AvgIpc) is 2.47. The van der Waals surface area contributed by atoms with Gasteiger partial charge in [0.25, 0.3) is 0 Å². The fourth-order valence-electron chi connectivity index (χ4n) is 3.04. The summed E-state index contributed by atoms with van der Waals surface area (Å²) in [6, 6.07) is 5.65. The van der Waals surface area contributed by atoms with E-state index in [1.54, 1.807) is 14.2 Å². The van der Waals surface area contributed by atoms with Crippen LogP contribution in [-0.2, 0) is 4.74 Å². The van der Waals surface area contributed by atoms with Crippen LogP contribution < -0.4 is 10.1 Å². The molecule has 0 aromatic heterocycles. The number of likely N-dealkylation sites (tertiary alicyclic amines) is 1. The number of hydrogen-bond donors (Lipinski definition) is 1. The van der Waals surface area contributed by atoms with E-state index in [0.29, 0.717) is 24.5 Å². The van der Waals surface area contributed by atoms with Gasteiger partial charge in [-0.1, -0.05) is 19.9 Å². The third-order valence-corrected chi connectivity index (χ3v) is 4.30. The van der Waals surface area contributed by atoms with Gasteiger partial charge in [-0.25, -0.2) is 4.79 Å². The lowest BCUT2D eigenvalue weighted by Gasteiger charge is -2.43. The molecular formula is C17H26N2O3. The van der Waals surface area contributed by atoms with Crippen LogP contribution in [-0.4, -0.2) is 44.3 Å². The molecule has 1 fully saturated rings. The first-order valence-electron chi connectivity index (χ1n) is 7.61. The van der Waals surface area contributed by atoms with Gasteiger partial charge in [-0.05, 0) is 31.0 Å². The maximum absolute atomic E-state index is 12.5. The number of methoxy groups -OCH3 is 2. The molecule has 2 rings (SSSR count). The number of ether oxygens (including phenoxy) is 2. The third kappa shape index (κ3) is 3.53. The Bertz CT molecular complexity index is 543. The van der Waals surface area contributed by atoms with E-state index < -0.39 is 0 Å². The zero-order chi connectivity index (χ0) is 16.3. The molecule has 1 N–H and O–H groups in total. The van der Waals surface area contributed by atoms with Crippen molar-refractivity contribution in [3.05, 3.63) is 23.8 Å². The average molecular weight is 306 g/mol. The fraction of sp³-hybridized carbons (Fsp3) is 0.588. The predicted molar refractivity (Wildman–Crippen MR) is 87.5 cm³/mol. The molecule has 0 unspecified atom stereocenters. The van der Waals surface area contributed by atoms with Crippen molar-refractivity contribution in [3.63, 3.8) is 0 Å². The number of hydrogen-bond acceptors (Lipinski definition) is 3. The Balaban J connectivity index is 2.07. The van der Waals surface area contributed by atoms with Crippen molar-refractivity contribution in [2.24, 2.45) is 5.41 Å². The van der Waals surface area contributed by atoms with Crippen LogP contribution in [0.25, 0.3) is 0 Å². The van der Waals surface area contributed by atoms with Gasteiger partial charge in [0.15, 0.2) is 0 Å². The number of piperidine rings is 1. The summed E-state index contributed by atoms with van der Waals surface area (Å²) in [6.45, 7) is 7.62. The minimum atomic E-state index is -0.0928. The van der Waals surface area contributed by atoms with Crippen molar-refractivity contribution in [2.75, 3.05) is 32.6 Å². The summed E-state index contributed by atoms with van der Waals surface area (Å²) in [6.07, 6.45) is 1.03. The zero-order valence-electron chi connectivity index (χ0n) is 14.1. The highest BCUT2D eigenvalue weighted by molar-refractivity contribution is 5.91. The highest BCUT2D eigenvalue weighted by atomic mass is 16.5. The SMILES string of the molecule is COc1cc(C)ccc1NC(=O)N1CC[C@@H](OC)C(C)(C)C1. The number of benzene rings is 1. The van der Waals surface area contributed by atoms with E-state index in [9.17, 15) is 4.79 Å². The van der Waals surface area contributed by atoms with Crippen molar-refractivity contribution in [2.45, 2.75) is 33.3 Å². The zero-order valence-corrected chi connectivity index (χ0v) is 14.1. The highest BCUT2D eigenvalue weighted by Crippen LogP contribution is 2.32. The number of amides is 2. The Morgan fingerprint density at radius 1 is 1.36 bits per heavy atom. The summed E-state index contributed by atoms with van der Waals surface area (Å²) >= 11 is 0. The van der Waals surface area contributed by atoms with Gasteiger partial charge in [-0.2, -0.15) is 0 Å². The maximum Gasteiger partial charge on any atom is 0.321 e. The summed E-state index contributed by atoms with van der Waals surface area (Å²) in [4.78, 5) is 14.4. The molecular weight excluding hydrogens is 280 g/mol. The van der Waals surface area contributed by atoms with Crippen molar-refractivity contribution < 1.29 is 14.3 Å². The van der Waals surface area contributed by atoms with E-state index >= 15 is 0 Å². The van der Waals surface area contributed by atoms with Crippen LogP contribution in [0.5, 0.6) is 5.75 Å². The van der Waals surface area contributed by atoms with Gasteiger partial charge in [0.05, 0.1) is 18.9 Å². The summed E-state index contributed by atoms with van der Waals surface area (Å²) in [7, 11) is 3.34. The van der Waals surface area contributed by atoms with Crippen molar-refractivity contribution in [1.82, 2.24) is 4.90 Å². The number of carbonyl (C=O) groups excluding carboxylic acids is 1. The molecule has 1 aliphatic heterocycles. The van der Waals surface area contributed by atoms with E-state index in [1.807, 2.05) is 30.0 Å². The van der Waals surface area contributed by atoms with E-state index in [-0.39, 0.29) is 17.6 Å². The Hall–Kier alpha value is -1.75. The number of aryl methyl sites for hydroxylation is 1. The summed E-state index contributed by atoms with van der Waals surface area (Å²) < 4.78 is 10.9. The molecule has 0 saturated carbocycles. The van der Waals surface area contributed by atoms with E-state index in [2.05, 4.69) is 19.2 Å². The summed E-state index contributed by atoms with van der Waals surface area (Å²) in [5.41, 5.74) is 1.74. The van der Waals surface area contributed by atoms with Gasteiger partial charge in [0.1, 0.15) is 5.75 Å². The van der Waals surface area contributed by atoms with Crippen molar-refractivity contribution in [3.8, 4) is 5.75 Å². The summed E-state index contributed by atoms with van der Waals surface area (Å²) in [5, 5.41) is 2.95. The maximum atomic E-state index is 12.5. The highest BCUT2D eigenvalue weighted by Gasteiger charge is 2.37. The number of urea groups is 1. The van der Waals surface area contributed by atoms with Crippen LogP contribution in [0.1, 0.15) is 25.8 Å². The molecule has 1 saturated heterocycles. The Labute approximate surface area is 132 Å². The number of rotatable bonds is 3. The number of anilines is 1. The molecule has 5 heteroatoms. The summed E-state index contributed by atoms with van der Waals surface area (Å²) in [5.74, 6) is 0.680. The lowest BCUT2D eigenvalue weighted by atomic mass is 9.81. The van der Waals surface area contributed by atoms with Gasteiger partial charge in [-0.15, -0.1) is 0 Å². The number of nitrogens with one attached hydrogen (secondary N) is 1. The number of carbonyl (C=O) groups is 1. The van der Waals surface area contributed by atoms with Crippen LogP contribution in [0.4, 0.5) is 10.5 Å². The molecule has 0 aliphatic carbocycles. The minimum absolute atomic E-state index is 0.0539. The molecule has 0 radical (unpaired) electrons. The van der Waals surface area contributed by atoms with Crippen LogP contribution in [0, 0.1) is 12.3 Å². The van der Waals surface area contributed by atoms with Crippen LogP contribution in [0.3, 0.4) is 0 Å². The second-order valence-corrected chi connectivity index (χ2v) is 6.56. The van der Waals surface area contributed by atoms with Crippen LogP contribution >= 0.6 is 0 Å². The molecule has 1 aliphatic rings. The van der Waals surface area contributed by atoms with E-state index in [4.69, 9.17) is 9.47 Å². The Kier molecular flexibility index (Phi) is 4.96. The first kappa shape index (κ1) is 16.6. The second kappa shape index (κ2) is 6.57. The van der Waals surface area contributed by atoms with Crippen LogP contribution in [0.2, 0.25) is 0 Å². The molecule has 0 bridgehead atoms. The van der Waals surface area contributed by atoms with Gasteiger partial charge >= 0.3 is 6.03 Å². The standard InChI is InChI=1S/C17H26N2O3/c1-12-6-7-13(14(10-12)21-4)18-16(20)19-9-8-15(22-5)17(2,3)11-19/h6-7,10,15H,8-9,11H2,1-5H3,(H,18,20)/t15-/m1/s1. The quantitative estimate of drug-likeness (QED) is 0.932. The normalized spacial score (nSPS) is 20.6. The lowest BCUT2D eigenvalue weighted by molar-refractivity contribution is -0.0394. The first-order valence-corrected chi connectivity index (χ1v) is 7.61. The topological polar surface area (TPSA) is 50.8 Å². The molecule has 1 aromatic carbocycles. The molecule has 1 heterocycles. The van der Waals surface area contributed by atoms with E-state index in [0.717, 1.165) is 12.0 Å². The van der Waals surface area contributed by atoms with Gasteiger partial charge in [-0.3, -0.25) is 0 Å². The largest absolute Gasteiger partial charge is 0.495 e. The van der Waals surface area contributed by atoms with Gasteiger partial charge in [0, 0.05) is 25.6 Å². The lowest BCUT2D eigenvalue weighted by Crippen LogP contribution is -2.52.